The van der Waals surface area contributed by atoms with Crippen LogP contribution in [0.1, 0.15) is 22.2 Å². The first-order chi connectivity index (χ1) is 13.0. The number of amides is 2. The fourth-order valence-corrected chi connectivity index (χ4v) is 3.58. The van der Waals surface area contributed by atoms with Crippen LogP contribution >= 0.6 is 11.3 Å². The maximum absolute atomic E-state index is 12.3. The summed E-state index contributed by atoms with van der Waals surface area (Å²) in [7, 11) is 0. The normalized spacial score (nSPS) is 15.5. The molecule has 8 heteroatoms. The van der Waals surface area contributed by atoms with Gasteiger partial charge >= 0.3 is 0 Å². The molecule has 0 spiro atoms. The molecule has 1 aliphatic rings. The van der Waals surface area contributed by atoms with E-state index in [2.05, 4.69) is 20.6 Å². The standard InChI is InChI=1S/C19H16N4O3S/c1-10-17(24)21-14-9-13(3-4-15(14)26-10)16-11(2)27-19(22-16)23-18(25)12-5-7-20-8-6-12/h3-10H,1-2H3,(H,21,24)(H,22,23,25)/t10-/m1/s1. The van der Waals surface area contributed by atoms with E-state index in [-0.39, 0.29) is 11.8 Å². The Kier molecular flexibility index (Phi) is 4.33. The second-order valence-corrected chi connectivity index (χ2v) is 7.28. The van der Waals surface area contributed by atoms with E-state index in [1.807, 2.05) is 25.1 Å². The minimum atomic E-state index is -0.514. The number of carbonyl (C=O) groups is 2. The van der Waals surface area contributed by atoms with Gasteiger partial charge in [-0.1, -0.05) is 0 Å². The highest BCUT2D eigenvalue weighted by Crippen LogP contribution is 2.37. The van der Waals surface area contributed by atoms with E-state index in [0.717, 1.165) is 16.1 Å². The molecule has 7 nitrogen and oxygen atoms in total. The molecule has 27 heavy (non-hydrogen) atoms. The van der Waals surface area contributed by atoms with Crippen molar-refractivity contribution in [2.24, 2.45) is 0 Å². The van der Waals surface area contributed by atoms with Gasteiger partial charge in [0.05, 0.1) is 11.4 Å². The lowest BCUT2D eigenvalue weighted by Gasteiger charge is -2.23. The lowest BCUT2D eigenvalue weighted by Crippen LogP contribution is -2.34. The van der Waals surface area contributed by atoms with Gasteiger partial charge in [0.1, 0.15) is 5.75 Å². The number of thiazole rings is 1. The number of ether oxygens (including phenoxy) is 1. The van der Waals surface area contributed by atoms with Crippen LogP contribution in [0.3, 0.4) is 0 Å². The fourth-order valence-electron chi connectivity index (χ4n) is 2.75. The predicted molar refractivity (Wildman–Crippen MR) is 103 cm³/mol. The minimum Gasteiger partial charge on any atom is -0.479 e. The highest BCUT2D eigenvalue weighted by atomic mass is 32.1. The molecule has 136 valence electrons. The van der Waals surface area contributed by atoms with E-state index in [1.165, 1.54) is 11.3 Å². The number of anilines is 2. The van der Waals surface area contributed by atoms with Crippen LogP contribution in [0.15, 0.2) is 42.7 Å². The summed E-state index contributed by atoms with van der Waals surface area (Å²) in [6.45, 7) is 3.64. The summed E-state index contributed by atoms with van der Waals surface area (Å²) in [5.41, 5.74) is 2.72. The molecular weight excluding hydrogens is 364 g/mol. The third-order valence-electron chi connectivity index (χ3n) is 4.14. The summed E-state index contributed by atoms with van der Waals surface area (Å²) in [5, 5.41) is 6.16. The van der Waals surface area contributed by atoms with Crippen LogP contribution in [0, 0.1) is 6.92 Å². The van der Waals surface area contributed by atoms with Gasteiger partial charge in [-0.25, -0.2) is 4.98 Å². The quantitative estimate of drug-likeness (QED) is 0.726. The number of pyridine rings is 1. The Morgan fingerprint density at radius 2 is 2.04 bits per heavy atom. The first kappa shape index (κ1) is 17.2. The number of aromatic nitrogens is 2. The Bertz CT molecular complexity index is 1030. The molecule has 0 aliphatic carbocycles. The number of carbonyl (C=O) groups excluding carboxylic acids is 2. The maximum Gasteiger partial charge on any atom is 0.265 e. The van der Waals surface area contributed by atoms with Gasteiger partial charge in [-0.2, -0.15) is 0 Å². The number of nitrogens with one attached hydrogen (secondary N) is 2. The SMILES string of the molecule is Cc1sc(NC(=O)c2ccncc2)nc1-c1ccc2c(c1)NC(=O)[C@@H](C)O2. The fraction of sp³-hybridized carbons (Fsp3) is 0.158. The molecule has 2 N–H and O–H groups in total. The highest BCUT2D eigenvalue weighted by molar-refractivity contribution is 7.16. The van der Waals surface area contributed by atoms with E-state index in [0.29, 0.717) is 22.1 Å². The molecule has 1 atom stereocenters. The Hall–Kier alpha value is -3.26. The molecule has 0 fully saturated rings. The average molecular weight is 380 g/mol. The first-order valence-corrected chi connectivity index (χ1v) is 9.13. The largest absolute Gasteiger partial charge is 0.479 e. The van der Waals surface area contributed by atoms with E-state index in [9.17, 15) is 9.59 Å². The van der Waals surface area contributed by atoms with Crippen LogP contribution < -0.4 is 15.4 Å². The van der Waals surface area contributed by atoms with Gasteiger partial charge in [0.15, 0.2) is 11.2 Å². The molecule has 4 rings (SSSR count). The highest BCUT2D eigenvalue weighted by Gasteiger charge is 2.24. The van der Waals surface area contributed by atoms with Crippen molar-refractivity contribution < 1.29 is 14.3 Å². The molecule has 0 radical (unpaired) electrons. The van der Waals surface area contributed by atoms with Crippen LogP contribution in [0.2, 0.25) is 0 Å². The van der Waals surface area contributed by atoms with E-state index in [4.69, 9.17) is 4.74 Å². The van der Waals surface area contributed by atoms with E-state index in [1.54, 1.807) is 31.5 Å². The number of benzene rings is 1. The van der Waals surface area contributed by atoms with Crippen molar-refractivity contribution in [2.75, 3.05) is 10.6 Å². The summed E-state index contributed by atoms with van der Waals surface area (Å²) in [6, 6.07) is 8.82. The number of rotatable bonds is 3. The van der Waals surface area contributed by atoms with Crippen LogP contribution in [0.25, 0.3) is 11.3 Å². The molecule has 1 aliphatic heterocycles. The minimum absolute atomic E-state index is 0.181. The second-order valence-electron chi connectivity index (χ2n) is 6.07. The zero-order chi connectivity index (χ0) is 19.0. The molecule has 0 saturated heterocycles. The summed E-state index contributed by atoms with van der Waals surface area (Å²) in [5.74, 6) is 0.211. The van der Waals surface area contributed by atoms with E-state index < -0.39 is 6.10 Å². The number of aryl methyl sites for hydroxylation is 1. The third kappa shape index (κ3) is 3.39. The van der Waals surface area contributed by atoms with Gasteiger partial charge in [-0.3, -0.25) is 19.9 Å². The lowest BCUT2D eigenvalue weighted by atomic mass is 10.1. The number of nitrogens with zero attached hydrogens (tertiary/aromatic N) is 2. The van der Waals surface area contributed by atoms with Crippen molar-refractivity contribution >= 4 is 34.0 Å². The number of hydrogen-bond acceptors (Lipinski definition) is 6. The maximum atomic E-state index is 12.3. The van der Waals surface area contributed by atoms with Gasteiger partial charge in [0.25, 0.3) is 11.8 Å². The Morgan fingerprint density at radius 1 is 1.26 bits per heavy atom. The molecule has 0 bridgehead atoms. The Balaban J connectivity index is 1.60. The van der Waals surface area contributed by atoms with Crippen molar-refractivity contribution in [3.63, 3.8) is 0 Å². The van der Waals surface area contributed by atoms with Crippen molar-refractivity contribution in [2.45, 2.75) is 20.0 Å². The zero-order valence-corrected chi connectivity index (χ0v) is 15.5. The van der Waals surface area contributed by atoms with Crippen LogP contribution in [0.4, 0.5) is 10.8 Å². The second kappa shape index (κ2) is 6.81. The van der Waals surface area contributed by atoms with Gasteiger partial charge in [-0.05, 0) is 44.2 Å². The zero-order valence-electron chi connectivity index (χ0n) is 14.6. The monoisotopic (exact) mass is 380 g/mol. The average Bonchev–Trinajstić information content (AvgIpc) is 3.03. The summed E-state index contributed by atoms with van der Waals surface area (Å²) in [6.07, 6.45) is 2.62. The smallest absolute Gasteiger partial charge is 0.265 e. The van der Waals surface area contributed by atoms with Crippen LogP contribution in [-0.2, 0) is 4.79 Å². The van der Waals surface area contributed by atoms with Crippen LogP contribution in [0.5, 0.6) is 5.75 Å². The molecule has 2 amide bonds. The lowest BCUT2D eigenvalue weighted by molar-refractivity contribution is -0.122. The molecule has 0 saturated carbocycles. The van der Waals surface area contributed by atoms with Gasteiger partial charge in [0.2, 0.25) is 0 Å². The molecular formula is C19H16N4O3S. The summed E-state index contributed by atoms with van der Waals surface area (Å²) >= 11 is 1.39. The predicted octanol–water partition coefficient (Wildman–Crippen LogP) is 3.49. The molecule has 0 unspecified atom stereocenters. The topological polar surface area (TPSA) is 93.2 Å². The Morgan fingerprint density at radius 3 is 2.81 bits per heavy atom. The summed E-state index contributed by atoms with van der Waals surface area (Å²) < 4.78 is 5.58. The van der Waals surface area contributed by atoms with Gasteiger partial charge in [-0.15, -0.1) is 11.3 Å². The number of hydrogen-bond donors (Lipinski definition) is 2. The van der Waals surface area contributed by atoms with Crippen molar-refractivity contribution in [1.29, 1.82) is 0 Å². The Labute approximate surface area is 159 Å². The van der Waals surface area contributed by atoms with Gasteiger partial charge < -0.3 is 10.1 Å². The van der Waals surface area contributed by atoms with Crippen molar-refractivity contribution in [1.82, 2.24) is 9.97 Å². The molecule has 1 aromatic carbocycles. The molecule has 2 aromatic heterocycles. The van der Waals surface area contributed by atoms with Gasteiger partial charge in [0, 0.05) is 28.4 Å². The van der Waals surface area contributed by atoms with E-state index >= 15 is 0 Å². The summed E-state index contributed by atoms with van der Waals surface area (Å²) in [4.78, 5) is 33.5. The van der Waals surface area contributed by atoms with Crippen LogP contribution in [-0.4, -0.2) is 27.9 Å². The first-order valence-electron chi connectivity index (χ1n) is 8.32. The number of fused-ring (bicyclic) bond motifs is 1. The third-order valence-corrected chi connectivity index (χ3v) is 5.03. The van der Waals surface area contributed by atoms with Crippen molar-refractivity contribution in [3.05, 3.63) is 53.2 Å². The molecule has 3 heterocycles. The van der Waals surface area contributed by atoms with Crippen molar-refractivity contribution in [3.8, 4) is 17.0 Å². The molecule has 3 aromatic rings.